The highest BCUT2D eigenvalue weighted by Crippen LogP contribution is 2.11. The number of sulfonamides is 1. The van der Waals surface area contributed by atoms with Gasteiger partial charge in [-0.2, -0.15) is 0 Å². The molecule has 6 heteroatoms. The van der Waals surface area contributed by atoms with Crippen LogP contribution in [-0.2, 0) is 14.8 Å². The van der Waals surface area contributed by atoms with Crippen LogP contribution in [0.4, 0.5) is 0 Å². The number of benzene rings is 1. The van der Waals surface area contributed by atoms with E-state index in [-0.39, 0.29) is 4.90 Å². The summed E-state index contributed by atoms with van der Waals surface area (Å²) in [5.74, 6) is -0.495. The van der Waals surface area contributed by atoms with Gasteiger partial charge in [-0.15, -0.1) is 0 Å². The van der Waals surface area contributed by atoms with Crippen molar-refractivity contribution in [1.29, 1.82) is 0 Å². The van der Waals surface area contributed by atoms with Crippen molar-refractivity contribution < 1.29 is 17.9 Å². The highest BCUT2D eigenvalue weighted by molar-refractivity contribution is 7.89. The van der Waals surface area contributed by atoms with Crippen molar-refractivity contribution in [3.63, 3.8) is 0 Å². The van der Waals surface area contributed by atoms with Gasteiger partial charge in [0.05, 0.1) is 17.6 Å². The molecule has 0 heterocycles. The molecule has 0 aliphatic rings. The van der Waals surface area contributed by atoms with Gasteiger partial charge in [0.2, 0.25) is 10.0 Å². The van der Waals surface area contributed by atoms with E-state index in [9.17, 15) is 13.2 Å². The van der Waals surface area contributed by atoms with Crippen molar-refractivity contribution >= 4 is 16.0 Å². The Morgan fingerprint density at radius 1 is 1.32 bits per heavy atom. The third-order valence-electron chi connectivity index (χ3n) is 2.42. The second-order valence-electron chi connectivity index (χ2n) is 3.77. The van der Waals surface area contributed by atoms with E-state index in [4.69, 9.17) is 0 Å². The zero-order chi connectivity index (χ0) is 14.3. The molecule has 0 aromatic heterocycles. The van der Waals surface area contributed by atoms with Crippen LogP contribution in [0.5, 0.6) is 0 Å². The lowest BCUT2D eigenvalue weighted by Gasteiger charge is -2.06. The fourth-order valence-electron chi connectivity index (χ4n) is 1.41. The van der Waals surface area contributed by atoms with E-state index in [1.54, 1.807) is 0 Å². The van der Waals surface area contributed by atoms with Crippen LogP contribution in [0.15, 0.2) is 41.3 Å². The van der Waals surface area contributed by atoms with Crippen LogP contribution in [0.3, 0.4) is 0 Å². The predicted octanol–water partition coefficient (Wildman–Crippen LogP) is 1.72. The van der Waals surface area contributed by atoms with E-state index >= 15 is 0 Å². The number of esters is 1. The first-order valence-corrected chi connectivity index (χ1v) is 7.29. The Hall–Kier alpha value is -1.66. The lowest BCUT2D eigenvalue weighted by molar-refractivity contribution is 0.0600. The van der Waals surface area contributed by atoms with Gasteiger partial charge in [0.15, 0.2) is 0 Å². The number of methoxy groups -OCH3 is 1. The summed E-state index contributed by atoms with van der Waals surface area (Å²) < 4.78 is 30.8. The summed E-state index contributed by atoms with van der Waals surface area (Å²) in [5.41, 5.74) is 0.315. The van der Waals surface area contributed by atoms with Crippen molar-refractivity contribution in [2.75, 3.05) is 13.7 Å². The summed E-state index contributed by atoms with van der Waals surface area (Å²) in [6, 6.07) is 5.60. The number of ether oxygens (including phenoxy) is 1. The molecule has 0 unspecified atom stereocenters. The molecular formula is C13H17NO4S. The van der Waals surface area contributed by atoms with Crippen LogP contribution in [0.1, 0.15) is 23.7 Å². The minimum Gasteiger partial charge on any atom is -0.465 e. The van der Waals surface area contributed by atoms with Crippen molar-refractivity contribution in [3.8, 4) is 0 Å². The normalized spacial score (nSPS) is 11.7. The second-order valence-corrected chi connectivity index (χ2v) is 5.54. The first kappa shape index (κ1) is 15.4. The first-order chi connectivity index (χ1) is 9.01. The monoisotopic (exact) mass is 283 g/mol. The van der Waals surface area contributed by atoms with E-state index in [2.05, 4.69) is 9.46 Å². The van der Waals surface area contributed by atoms with Gasteiger partial charge in [0.1, 0.15) is 0 Å². The summed E-state index contributed by atoms with van der Waals surface area (Å²) in [6.07, 6.45) is 4.37. The molecule has 1 rings (SSSR count). The average Bonchev–Trinajstić information content (AvgIpc) is 2.43. The number of hydrogen-bond donors (Lipinski definition) is 1. The quantitative estimate of drug-likeness (QED) is 0.490. The van der Waals surface area contributed by atoms with E-state index in [1.165, 1.54) is 31.4 Å². The molecule has 0 bridgehead atoms. The maximum atomic E-state index is 11.9. The van der Waals surface area contributed by atoms with Crippen LogP contribution in [0.2, 0.25) is 0 Å². The molecule has 0 amide bonds. The van der Waals surface area contributed by atoms with Crippen molar-refractivity contribution in [3.05, 3.63) is 42.0 Å². The number of carbonyl (C=O) groups is 1. The van der Waals surface area contributed by atoms with E-state index in [1.807, 2.05) is 19.1 Å². The number of hydrogen-bond acceptors (Lipinski definition) is 4. The van der Waals surface area contributed by atoms with Crippen LogP contribution >= 0.6 is 0 Å². The molecule has 0 saturated heterocycles. The smallest absolute Gasteiger partial charge is 0.337 e. The van der Waals surface area contributed by atoms with E-state index in [0.717, 1.165) is 0 Å². The minimum absolute atomic E-state index is 0.126. The van der Waals surface area contributed by atoms with Crippen LogP contribution in [0.25, 0.3) is 0 Å². The van der Waals surface area contributed by atoms with Crippen molar-refractivity contribution in [1.82, 2.24) is 4.72 Å². The third-order valence-corrected chi connectivity index (χ3v) is 3.90. The van der Waals surface area contributed by atoms with Gasteiger partial charge in [-0.1, -0.05) is 12.2 Å². The average molecular weight is 283 g/mol. The standard InChI is InChI=1S/C13H17NO4S/c1-3-4-5-10-14-19(16,17)12-8-6-11(7-9-12)13(15)18-2/h3-4,6-9,14H,5,10H2,1-2H3/b4-3+. The number of carbonyl (C=O) groups excluding carboxylic acids is 1. The van der Waals surface area contributed by atoms with Gasteiger partial charge in [0.25, 0.3) is 0 Å². The molecule has 1 N–H and O–H groups in total. The Labute approximate surface area is 113 Å². The maximum Gasteiger partial charge on any atom is 0.337 e. The summed E-state index contributed by atoms with van der Waals surface area (Å²) in [5, 5.41) is 0. The Kier molecular flexibility index (Phi) is 5.72. The number of rotatable bonds is 6. The first-order valence-electron chi connectivity index (χ1n) is 5.80. The Bertz CT molecular complexity index is 547. The fraction of sp³-hybridized carbons (Fsp3) is 0.308. The molecule has 104 valence electrons. The summed E-state index contributed by atoms with van der Waals surface area (Å²) in [4.78, 5) is 11.3. The lowest BCUT2D eigenvalue weighted by Crippen LogP contribution is -2.24. The van der Waals surface area contributed by atoms with Gasteiger partial charge in [-0.05, 0) is 37.6 Å². The van der Waals surface area contributed by atoms with Crippen molar-refractivity contribution in [2.45, 2.75) is 18.2 Å². The summed E-state index contributed by atoms with van der Waals surface area (Å²) in [7, 11) is -2.25. The molecule has 0 atom stereocenters. The van der Waals surface area contributed by atoms with Crippen LogP contribution in [0, 0.1) is 0 Å². The molecule has 1 aromatic carbocycles. The van der Waals surface area contributed by atoms with Crippen LogP contribution < -0.4 is 4.72 Å². The molecule has 0 aliphatic heterocycles. The largest absolute Gasteiger partial charge is 0.465 e. The molecule has 0 spiro atoms. The lowest BCUT2D eigenvalue weighted by atomic mass is 10.2. The molecule has 0 fully saturated rings. The fourth-order valence-corrected chi connectivity index (χ4v) is 2.46. The van der Waals surface area contributed by atoms with E-state index < -0.39 is 16.0 Å². The molecular weight excluding hydrogens is 266 g/mol. The Morgan fingerprint density at radius 3 is 2.47 bits per heavy atom. The Morgan fingerprint density at radius 2 is 1.95 bits per heavy atom. The van der Waals surface area contributed by atoms with Crippen LogP contribution in [-0.4, -0.2) is 28.0 Å². The third kappa shape index (κ3) is 4.50. The van der Waals surface area contributed by atoms with Gasteiger partial charge in [-0.25, -0.2) is 17.9 Å². The molecule has 19 heavy (non-hydrogen) atoms. The zero-order valence-electron chi connectivity index (χ0n) is 10.9. The molecule has 0 saturated carbocycles. The highest BCUT2D eigenvalue weighted by atomic mass is 32.2. The van der Waals surface area contributed by atoms with Gasteiger partial charge in [-0.3, -0.25) is 0 Å². The summed E-state index contributed by atoms with van der Waals surface area (Å²) >= 11 is 0. The topological polar surface area (TPSA) is 72.5 Å². The van der Waals surface area contributed by atoms with Gasteiger partial charge >= 0.3 is 5.97 Å². The zero-order valence-corrected chi connectivity index (χ0v) is 11.7. The van der Waals surface area contributed by atoms with E-state index in [0.29, 0.717) is 18.5 Å². The number of allylic oxidation sites excluding steroid dienone is 1. The van der Waals surface area contributed by atoms with Gasteiger partial charge < -0.3 is 4.74 Å². The maximum absolute atomic E-state index is 11.9. The Balaban J connectivity index is 2.76. The minimum atomic E-state index is -3.53. The molecule has 0 radical (unpaired) electrons. The van der Waals surface area contributed by atoms with Crippen molar-refractivity contribution in [2.24, 2.45) is 0 Å². The molecule has 0 aliphatic carbocycles. The second kappa shape index (κ2) is 7.06. The number of nitrogens with one attached hydrogen (secondary N) is 1. The predicted molar refractivity (Wildman–Crippen MR) is 72.4 cm³/mol. The molecule has 1 aromatic rings. The SMILES string of the molecule is C/C=C/CCNS(=O)(=O)c1ccc(C(=O)OC)cc1. The van der Waals surface area contributed by atoms with Gasteiger partial charge in [0, 0.05) is 6.54 Å². The summed E-state index contributed by atoms with van der Waals surface area (Å²) in [6.45, 7) is 2.21. The molecule has 5 nitrogen and oxygen atoms in total. The highest BCUT2D eigenvalue weighted by Gasteiger charge is 2.14.